The molecule has 2 N–H and O–H groups in total. The van der Waals surface area contributed by atoms with Gasteiger partial charge in [0.15, 0.2) is 0 Å². The highest BCUT2D eigenvalue weighted by Crippen LogP contribution is 2.40. The number of hydrogen-bond donors (Lipinski definition) is 2. The van der Waals surface area contributed by atoms with Crippen molar-refractivity contribution in [3.63, 3.8) is 0 Å². The zero-order valence-corrected chi connectivity index (χ0v) is 19.7. The molecule has 11 heteroatoms. The van der Waals surface area contributed by atoms with Crippen molar-refractivity contribution in [3.8, 4) is 0 Å². The Morgan fingerprint density at radius 2 is 1.97 bits per heavy atom. The molecule has 1 aromatic carbocycles. The summed E-state index contributed by atoms with van der Waals surface area (Å²) in [6, 6.07) is 5.81. The number of benzene rings is 1. The molecule has 33 heavy (non-hydrogen) atoms. The largest absolute Gasteiger partial charge is 0.466 e. The number of amides is 1. The lowest BCUT2D eigenvalue weighted by molar-refractivity contribution is -0.384. The molecule has 10 nitrogen and oxygen atoms in total. The van der Waals surface area contributed by atoms with E-state index in [4.69, 9.17) is 9.47 Å². The van der Waals surface area contributed by atoms with Gasteiger partial charge >= 0.3 is 11.9 Å². The maximum Gasteiger partial charge on any atom is 0.336 e. The molecule has 0 bridgehead atoms. The average molecular weight is 478 g/mol. The van der Waals surface area contributed by atoms with Crippen LogP contribution in [0.5, 0.6) is 0 Å². The second kappa shape index (κ2) is 12.0. The number of nitrogens with one attached hydrogen (secondary N) is 2. The Kier molecular flexibility index (Phi) is 9.46. The molecular formula is C22H27N3O7S. The Bertz CT molecular complexity index is 1000. The van der Waals surface area contributed by atoms with E-state index in [1.165, 1.54) is 44.0 Å². The van der Waals surface area contributed by atoms with E-state index in [1.54, 1.807) is 19.9 Å². The summed E-state index contributed by atoms with van der Waals surface area (Å²) in [4.78, 5) is 47.6. The molecule has 0 radical (unpaired) electrons. The lowest BCUT2D eigenvalue weighted by Gasteiger charge is -2.31. The first kappa shape index (κ1) is 25.9. The molecule has 1 aliphatic heterocycles. The van der Waals surface area contributed by atoms with Crippen LogP contribution in [0.3, 0.4) is 0 Å². The third-order valence-corrected chi connectivity index (χ3v) is 5.81. The van der Waals surface area contributed by atoms with Crippen LogP contribution in [0.1, 0.15) is 32.3 Å². The maximum atomic E-state index is 13.1. The van der Waals surface area contributed by atoms with Crippen LogP contribution in [-0.4, -0.2) is 54.5 Å². The number of carbonyl (C=O) groups is 3. The number of nitrogens with zero attached hydrogens (tertiary/aromatic N) is 1. The second-order valence-electron chi connectivity index (χ2n) is 7.09. The normalized spacial score (nSPS) is 15.6. The van der Waals surface area contributed by atoms with Crippen LogP contribution in [0.15, 0.2) is 46.8 Å². The van der Waals surface area contributed by atoms with E-state index in [-0.39, 0.29) is 29.3 Å². The molecule has 2 rings (SSSR count). The zero-order valence-electron chi connectivity index (χ0n) is 18.9. The number of ether oxygens (including phenoxy) is 2. The van der Waals surface area contributed by atoms with Gasteiger partial charge in [0.2, 0.25) is 5.91 Å². The predicted octanol–water partition coefficient (Wildman–Crippen LogP) is 2.42. The fourth-order valence-corrected chi connectivity index (χ4v) is 4.29. The van der Waals surface area contributed by atoms with E-state index < -0.39 is 22.8 Å². The van der Waals surface area contributed by atoms with E-state index >= 15 is 0 Å². The second-order valence-corrected chi connectivity index (χ2v) is 8.19. The van der Waals surface area contributed by atoms with Gasteiger partial charge in [0.25, 0.3) is 5.69 Å². The van der Waals surface area contributed by atoms with Gasteiger partial charge in [0, 0.05) is 48.5 Å². The summed E-state index contributed by atoms with van der Waals surface area (Å²) in [5, 5.41) is 17.2. The Labute approximate surface area is 195 Å². The summed E-state index contributed by atoms with van der Waals surface area (Å²) >= 11 is 1.47. The fraction of sp³-hybridized carbons (Fsp3) is 0.409. The number of rotatable bonds is 10. The molecule has 1 unspecified atom stereocenters. The van der Waals surface area contributed by atoms with Gasteiger partial charge in [-0.05, 0) is 19.4 Å². The van der Waals surface area contributed by atoms with Crippen molar-refractivity contribution < 1.29 is 28.8 Å². The van der Waals surface area contributed by atoms with Crippen molar-refractivity contribution in [2.24, 2.45) is 0 Å². The molecule has 0 fully saturated rings. The van der Waals surface area contributed by atoms with E-state index in [1.807, 2.05) is 0 Å². The molecule has 1 aromatic rings. The summed E-state index contributed by atoms with van der Waals surface area (Å²) < 4.78 is 10.2. The Hall–Kier alpha value is -3.34. The number of thioether (sulfide) groups is 1. The van der Waals surface area contributed by atoms with Crippen LogP contribution in [0, 0.1) is 10.1 Å². The van der Waals surface area contributed by atoms with Crippen molar-refractivity contribution in [2.75, 3.05) is 31.8 Å². The number of hydrogen-bond acceptors (Lipinski definition) is 9. The van der Waals surface area contributed by atoms with Crippen LogP contribution in [0.2, 0.25) is 0 Å². The smallest absolute Gasteiger partial charge is 0.336 e. The molecule has 0 aliphatic carbocycles. The predicted molar refractivity (Wildman–Crippen MR) is 123 cm³/mol. The summed E-state index contributed by atoms with van der Waals surface area (Å²) in [6.45, 7) is 5.35. The van der Waals surface area contributed by atoms with E-state index in [2.05, 4.69) is 10.6 Å². The van der Waals surface area contributed by atoms with E-state index in [0.29, 0.717) is 35.0 Å². The topological polar surface area (TPSA) is 137 Å². The molecule has 0 spiro atoms. The van der Waals surface area contributed by atoms with Gasteiger partial charge in [-0.2, -0.15) is 11.8 Å². The quantitative estimate of drug-likeness (QED) is 0.225. The van der Waals surface area contributed by atoms with Crippen LogP contribution >= 0.6 is 11.8 Å². The maximum absolute atomic E-state index is 13.1. The highest BCUT2D eigenvalue weighted by molar-refractivity contribution is 7.99. The van der Waals surface area contributed by atoms with Crippen molar-refractivity contribution in [3.05, 3.63) is 62.5 Å². The van der Waals surface area contributed by atoms with Crippen LogP contribution in [-0.2, 0) is 23.9 Å². The Morgan fingerprint density at radius 3 is 2.58 bits per heavy atom. The van der Waals surface area contributed by atoms with Gasteiger partial charge in [-0.15, -0.1) is 0 Å². The van der Waals surface area contributed by atoms with Crippen molar-refractivity contribution >= 4 is 35.3 Å². The molecule has 0 aromatic heterocycles. The molecule has 1 atom stereocenters. The number of nitro benzene ring substituents is 1. The SMILES string of the molecule is CCOC(=O)C1=C(CSCCNC(C)=O)NC(C)=C(C(=O)OC)C1c1cccc([N+](=O)[O-])c1. The van der Waals surface area contributed by atoms with Gasteiger partial charge in [0.1, 0.15) is 0 Å². The van der Waals surface area contributed by atoms with E-state index in [0.717, 1.165) is 0 Å². The Morgan fingerprint density at radius 1 is 1.24 bits per heavy atom. The number of dihydropyridines is 1. The van der Waals surface area contributed by atoms with Gasteiger partial charge in [-0.25, -0.2) is 9.59 Å². The molecule has 0 saturated carbocycles. The van der Waals surface area contributed by atoms with Crippen LogP contribution in [0.4, 0.5) is 5.69 Å². The summed E-state index contributed by atoms with van der Waals surface area (Å²) in [5.74, 6) is -1.38. The summed E-state index contributed by atoms with van der Waals surface area (Å²) in [7, 11) is 1.23. The lowest BCUT2D eigenvalue weighted by Crippen LogP contribution is -2.34. The number of carbonyl (C=O) groups excluding carboxylic acids is 3. The fourth-order valence-electron chi connectivity index (χ4n) is 3.47. The number of methoxy groups -OCH3 is 1. The summed E-state index contributed by atoms with van der Waals surface area (Å²) in [6.07, 6.45) is 0. The van der Waals surface area contributed by atoms with Crippen molar-refractivity contribution in [2.45, 2.75) is 26.7 Å². The van der Waals surface area contributed by atoms with Gasteiger partial charge in [-0.3, -0.25) is 14.9 Å². The van der Waals surface area contributed by atoms with Crippen LogP contribution < -0.4 is 10.6 Å². The molecule has 1 aliphatic rings. The standard InChI is InChI=1S/C22H27N3O7S/c1-5-32-22(28)20-17(12-33-10-9-23-14(3)26)24-13(2)18(21(27)31-4)19(20)15-7-6-8-16(11-15)25(29)30/h6-8,11,19,24H,5,9-10,12H2,1-4H3,(H,23,26). The molecular weight excluding hydrogens is 450 g/mol. The monoisotopic (exact) mass is 477 g/mol. The molecule has 1 heterocycles. The Balaban J connectivity index is 2.57. The third kappa shape index (κ3) is 6.58. The summed E-state index contributed by atoms with van der Waals surface area (Å²) in [5.41, 5.74) is 1.60. The zero-order chi connectivity index (χ0) is 24.5. The molecule has 0 saturated heterocycles. The highest BCUT2D eigenvalue weighted by atomic mass is 32.2. The number of allylic oxidation sites excluding steroid dienone is 1. The first-order chi connectivity index (χ1) is 15.7. The lowest BCUT2D eigenvalue weighted by atomic mass is 9.80. The number of non-ortho nitro benzene ring substituents is 1. The highest BCUT2D eigenvalue weighted by Gasteiger charge is 2.39. The third-order valence-electron chi connectivity index (χ3n) is 4.83. The first-order valence-electron chi connectivity index (χ1n) is 10.2. The van der Waals surface area contributed by atoms with Crippen molar-refractivity contribution in [1.82, 2.24) is 10.6 Å². The van der Waals surface area contributed by atoms with Crippen LogP contribution in [0.25, 0.3) is 0 Å². The van der Waals surface area contributed by atoms with Gasteiger partial charge in [-0.1, -0.05) is 12.1 Å². The van der Waals surface area contributed by atoms with Gasteiger partial charge in [0.05, 0.1) is 35.7 Å². The minimum absolute atomic E-state index is 0.114. The first-order valence-corrected chi connectivity index (χ1v) is 11.4. The number of esters is 2. The van der Waals surface area contributed by atoms with Gasteiger partial charge < -0.3 is 20.1 Å². The van der Waals surface area contributed by atoms with E-state index in [9.17, 15) is 24.5 Å². The number of nitro groups is 1. The minimum Gasteiger partial charge on any atom is -0.466 e. The molecule has 1 amide bonds. The van der Waals surface area contributed by atoms with Crippen molar-refractivity contribution in [1.29, 1.82) is 0 Å². The molecule has 178 valence electrons. The average Bonchev–Trinajstić information content (AvgIpc) is 2.77. The minimum atomic E-state index is -0.913.